The second-order valence-electron chi connectivity index (χ2n) is 3.48. The van der Waals surface area contributed by atoms with E-state index >= 15 is 0 Å². The number of hydrogen-bond acceptors (Lipinski definition) is 4. The number of hydrogen-bond donors (Lipinski definition) is 0. The van der Waals surface area contributed by atoms with Gasteiger partial charge in [-0.25, -0.2) is 4.79 Å². The molecular weight excluding hydrogens is 288 g/mol. The van der Waals surface area contributed by atoms with E-state index in [4.69, 9.17) is 9.15 Å². The summed E-state index contributed by atoms with van der Waals surface area (Å²) in [6.07, 6.45) is 0. The van der Waals surface area contributed by atoms with Crippen molar-refractivity contribution in [2.45, 2.75) is 12.3 Å². The molecule has 17 heavy (non-hydrogen) atoms. The van der Waals surface area contributed by atoms with Gasteiger partial charge >= 0.3 is 11.6 Å². The zero-order valence-corrected chi connectivity index (χ0v) is 10.6. The van der Waals surface area contributed by atoms with Crippen molar-refractivity contribution in [3.05, 3.63) is 40.2 Å². The van der Waals surface area contributed by atoms with Gasteiger partial charge in [-0.1, -0.05) is 15.9 Å². The van der Waals surface area contributed by atoms with Gasteiger partial charge in [0.05, 0.1) is 0 Å². The van der Waals surface area contributed by atoms with Crippen molar-refractivity contribution in [2.24, 2.45) is 0 Å². The van der Waals surface area contributed by atoms with E-state index in [0.717, 1.165) is 10.9 Å². The maximum Gasteiger partial charge on any atom is 0.336 e. The second kappa shape index (κ2) is 4.71. The topological polar surface area (TPSA) is 56.5 Å². The van der Waals surface area contributed by atoms with Gasteiger partial charge in [0.2, 0.25) is 0 Å². The summed E-state index contributed by atoms with van der Waals surface area (Å²) < 4.78 is 10.1. The van der Waals surface area contributed by atoms with Crippen LogP contribution in [0.25, 0.3) is 11.0 Å². The van der Waals surface area contributed by atoms with E-state index in [1.54, 1.807) is 12.1 Å². The van der Waals surface area contributed by atoms with Crippen molar-refractivity contribution >= 4 is 32.9 Å². The van der Waals surface area contributed by atoms with Crippen LogP contribution < -0.4 is 10.4 Å². The molecule has 4 nitrogen and oxygen atoms in total. The maximum absolute atomic E-state index is 11.1. The predicted octanol–water partition coefficient (Wildman–Crippen LogP) is 2.61. The summed E-state index contributed by atoms with van der Waals surface area (Å²) in [5.74, 6) is -0.0129. The van der Waals surface area contributed by atoms with Crippen LogP contribution in [0.5, 0.6) is 5.75 Å². The number of fused-ring (bicyclic) bond motifs is 1. The lowest BCUT2D eigenvalue weighted by Crippen LogP contribution is -2.04. The van der Waals surface area contributed by atoms with E-state index in [9.17, 15) is 9.59 Å². The van der Waals surface area contributed by atoms with Gasteiger partial charge in [-0.3, -0.25) is 4.79 Å². The van der Waals surface area contributed by atoms with Gasteiger partial charge in [-0.15, -0.1) is 0 Å². The van der Waals surface area contributed by atoms with Crippen molar-refractivity contribution in [1.29, 1.82) is 0 Å². The minimum absolute atomic E-state index is 0.399. The van der Waals surface area contributed by atoms with E-state index in [2.05, 4.69) is 15.9 Å². The number of carbonyl (C=O) groups excluding carboxylic acids is 1. The van der Waals surface area contributed by atoms with Gasteiger partial charge in [-0.2, -0.15) is 0 Å². The van der Waals surface area contributed by atoms with Crippen LogP contribution in [-0.2, 0) is 10.1 Å². The molecule has 0 unspecified atom stereocenters. The third kappa shape index (κ3) is 2.55. The van der Waals surface area contributed by atoms with Gasteiger partial charge in [0.15, 0.2) is 0 Å². The Bertz CT molecular complexity index is 630. The molecule has 0 saturated carbocycles. The quantitative estimate of drug-likeness (QED) is 0.370. The van der Waals surface area contributed by atoms with Crippen LogP contribution in [0.4, 0.5) is 0 Å². The van der Waals surface area contributed by atoms with Crippen molar-refractivity contribution in [3.8, 4) is 5.75 Å². The Labute approximate surface area is 105 Å². The molecule has 0 amide bonds. The van der Waals surface area contributed by atoms with E-state index < -0.39 is 11.6 Å². The molecule has 1 aromatic heterocycles. The fourth-order valence-electron chi connectivity index (χ4n) is 1.50. The first kappa shape index (κ1) is 11.9. The van der Waals surface area contributed by atoms with Crippen LogP contribution in [0.1, 0.15) is 12.5 Å². The molecule has 2 aromatic rings. The largest absolute Gasteiger partial charge is 0.426 e. The predicted molar refractivity (Wildman–Crippen MR) is 66.4 cm³/mol. The molecule has 0 fully saturated rings. The lowest BCUT2D eigenvalue weighted by Gasteiger charge is -2.07. The molecule has 0 aliphatic heterocycles. The number of carbonyl (C=O) groups is 1. The highest BCUT2D eigenvalue weighted by molar-refractivity contribution is 9.08. The van der Waals surface area contributed by atoms with E-state index in [1.165, 1.54) is 13.0 Å². The fraction of sp³-hybridized carbons (Fsp3) is 0.167. The third-order valence-corrected chi connectivity index (χ3v) is 2.80. The zero-order chi connectivity index (χ0) is 12.4. The van der Waals surface area contributed by atoms with Crippen molar-refractivity contribution < 1.29 is 13.9 Å². The number of halogens is 1. The van der Waals surface area contributed by atoms with Gasteiger partial charge in [0, 0.05) is 35.3 Å². The number of rotatable bonds is 2. The van der Waals surface area contributed by atoms with Gasteiger partial charge in [-0.05, 0) is 12.1 Å². The molecule has 1 aromatic carbocycles. The van der Waals surface area contributed by atoms with Crippen LogP contribution in [0.2, 0.25) is 0 Å². The molecule has 88 valence electrons. The Morgan fingerprint density at radius 2 is 2.18 bits per heavy atom. The molecule has 0 aliphatic rings. The van der Waals surface area contributed by atoms with Crippen LogP contribution in [0, 0.1) is 0 Å². The van der Waals surface area contributed by atoms with Gasteiger partial charge in [0.25, 0.3) is 0 Å². The normalized spacial score (nSPS) is 10.5. The molecule has 1 heterocycles. The second-order valence-corrected chi connectivity index (χ2v) is 4.04. The highest BCUT2D eigenvalue weighted by atomic mass is 79.9. The number of esters is 1. The first-order valence-electron chi connectivity index (χ1n) is 4.91. The molecular formula is C12H9BrO4. The highest BCUT2D eigenvalue weighted by Gasteiger charge is 2.09. The Morgan fingerprint density at radius 1 is 1.41 bits per heavy atom. The fourth-order valence-corrected chi connectivity index (χ4v) is 1.94. The minimum atomic E-state index is -0.433. The van der Waals surface area contributed by atoms with Crippen molar-refractivity contribution in [3.63, 3.8) is 0 Å². The van der Waals surface area contributed by atoms with Crippen molar-refractivity contribution in [2.75, 3.05) is 0 Å². The lowest BCUT2D eigenvalue weighted by molar-refractivity contribution is -0.131. The summed E-state index contributed by atoms with van der Waals surface area (Å²) in [5.41, 5.74) is 0.790. The standard InChI is InChI=1S/C12H9BrO4/c1-7(14)16-11-5-10-8(4-9(11)6-13)2-3-12(15)17-10/h2-5H,6H2,1H3. The first-order valence-corrected chi connectivity index (χ1v) is 6.03. The Hall–Kier alpha value is -1.62. The molecule has 0 saturated heterocycles. The van der Waals surface area contributed by atoms with E-state index in [-0.39, 0.29) is 0 Å². The van der Waals surface area contributed by atoms with Crippen LogP contribution >= 0.6 is 15.9 Å². The maximum atomic E-state index is 11.1. The Balaban J connectivity index is 2.64. The molecule has 0 aliphatic carbocycles. The molecule has 0 spiro atoms. The summed E-state index contributed by atoms with van der Waals surface area (Å²) in [7, 11) is 0. The number of ether oxygens (including phenoxy) is 1. The monoisotopic (exact) mass is 296 g/mol. The third-order valence-electron chi connectivity index (χ3n) is 2.20. The van der Waals surface area contributed by atoms with E-state index in [0.29, 0.717) is 16.7 Å². The summed E-state index contributed by atoms with van der Waals surface area (Å²) in [4.78, 5) is 22.0. The van der Waals surface area contributed by atoms with Gasteiger partial charge in [0.1, 0.15) is 11.3 Å². The Morgan fingerprint density at radius 3 is 2.82 bits per heavy atom. The minimum Gasteiger partial charge on any atom is -0.426 e. The average Bonchev–Trinajstić information content (AvgIpc) is 2.27. The molecule has 0 radical (unpaired) electrons. The van der Waals surface area contributed by atoms with E-state index in [1.807, 2.05) is 6.07 Å². The van der Waals surface area contributed by atoms with Crippen LogP contribution in [0.3, 0.4) is 0 Å². The summed E-state index contributed by atoms with van der Waals surface area (Å²) in [5, 5.41) is 1.33. The average molecular weight is 297 g/mol. The first-order chi connectivity index (χ1) is 8.10. The summed E-state index contributed by atoms with van der Waals surface area (Å²) in [6, 6.07) is 6.39. The van der Waals surface area contributed by atoms with Crippen LogP contribution in [-0.4, -0.2) is 5.97 Å². The summed E-state index contributed by atoms with van der Waals surface area (Å²) in [6.45, 7) is 1.32. The number of alkyl halides is 1. The molecule has 0 N–H and O–H groups in total. The summed E-state index contributed by atoms with van der Waals surface area (Å²) >= 11 is 3.31. The lowest BCUT2D eigenvalue weighted by atomic mass is 10.1. The van der Waals surface area contributed by atoms with Crippen molar-refractivity contribution in [1.82, 2.24) is 0 Å². The van der Waals surface area contributed by atoms with Crippen LogP contribution in [0.15, 0.2) is 33.5 Å². The molecule has 5 heteroatoms. The molecule has 0 bridgehead atoms. The SMILES string of the molecule is CC(=O)Oc1cc2oc(=O)ccc2cc1CBr. The molecule has 2 rings (SSSR count). The van der Waals surface area contributed by atoms with Gasteiger partial charge < -0.3 is 9.15 Å². The highest BCUT2D eigenvalue weighted by Crippen LogP contribution is 2.27. The molecule has 0 atom stereocenters. The zero-order valence-electron chi connectivity index (χ0n) is 9.03. The Kier molecular flexibility index (Phi) is 3.28. The smallest absolute Gasteiger partial charge is 0.336 e. The number of benzene rings is 1.